The molecule has 1 unspecified atom stereocenters. The molecule has 250 valence electrons. The lowest BCUT2D eigenvalue weighted by molar-refractivity contribution is -0.0249. The number of carbonyl (C=O) groups excluding carboxylic acids is 1. The van der Waals surface area contributed by atoms with E-state index >= 15 is 0 Å². The number of esters is 1. The van der Waals surface area contributed by atoms with Crippen LogP contribution in [0.1, 0.15) is 50.4 Å². The zero-order valence-electron chi connectivity index (χ0n) is 26.8. The summed E-state index contributed by atoms with van der Waals surface area (Å²) in [6.45, 7) is 15.9. The van der Waals surface area contributed by atoms with Crippen molar-refractivity contribution in [1.29, 1.82) is 0 Å². The second kappa shape index (κ2) is 30.2. The van der Waals surface area contributed by atoms with Gasteiger partial charge in [-0.15, -0.1) is 0 Å². The van der Waals surface area contributed by atoms with Crippen LogP contribution in [0.25, 0.3) is 0 Å². The quantitative estimate of drug-likeness (QED) is 0.0928. The van der Waals surface area contributed by atoms with Gasteiger partial charge in [-0.3, -0.25) is 0 Å². The third-order valence-electron chi connectivity index (χ3n) is 6.14. The van der Waals surface area contributed by atoms with Crippen molar-refractivity contribution in [2.45, 2.75) is 40.0 Å². The first-order chi connectivity index (χ1) is 21.2. The molecule has 0 heterocycles. The SMILES string of the molecule is CCCCNc1ccc(C(=O)OCCOCCOCCOCCOCCOCCOCCOCCOCC(C)CC)cc1. The molecule has 43 heavy (non-hydrogen) atoms. The molecule has 1 N–H and O–H groups in total. The Morgan fingerprint density at radius 2 is 1.00 bits per heavy atom. The highest BCUT2D eigenvalue weighted by molar-refractivity contribution is 5.89. The van der Waals surface area contributed by atoms with Crippen LogP contribution in [-0.4, -0.2) is 125 Å². The third kappa shape index (κ3) is 25.2. The number of hydrogen-bond acceptors (Lipinski definition) is 11. The Hall–Kier alpha value is -1.83. The van der Waals surface area contributed by atoms with E-state index in [1.54, 1.807) is 12.1 Å². The minimum atomic E-state index is -0.356. The lowest BCUT2D eigenvalue weighted by atomic mass is 10.1. The van der Waals surface area contributed by atoms with E-state index in [2.05, 4.69) is 26.1 Å². The molecule has 0 fully saturated rings. The molecule has 0 aliphatic heterocycles. The van der Waals surface area contributed by atoms with Crippen LogP contribution in [0.2, 0.25) is 0 Å². The summed E-state index contributed by atoms with van der Waals surface area (Å²) in [5.74, 6) is 0.238. The highest BCUT2D eigenvalue weighted by Crippen LogP contribution is 2.11. The van der Waals surface area contributed by atoms with E-state index in [1.165, 1.54) is 0 Å². The molecule has 0 aliphatic rings. The monoisotopic (exact) mass is 615 g/mol. The number of carbonyl (C=O) groups is 1. The summed E-state index contributed by atoms with van der Waals surface area (Å²) in [6.07, 6.45) is 3.38. The summed E-state index contributed by atoms with van der Waals surface area (Å²) in [6, 6.07) is 7.30. The van der Waals surface area contributed by atoms with Gasteiger partial charge in [-0.1, -0.05) is 33.6 Å². The van der Waals surface area contributed by atoms with Crippen LogP contribution in [0.3, 0.4) is 0 Å². The maximum absolute atomic E-state index is 12.1. The van der Waals surface area contributed by atoms with Crippen LogP contribution in [0.15, 0.2) is 24.3 Å². The zero-order chi connectivity index (χ0) is 31.1. The van der Waals surface area contributed by atoms with Gasteiger partial charge in [-0.05, 0) is 36.6 Å². The van der Waals surface area contributed by atoms with Crippen molar-refractivity contribution in [1.82, 2.24) is 0 Å². The second-order valence-electron chi connectivity index (χ2n) is 9.87. The van der Waals surface area contributed by atoms with Crippen molar-refractivity contribution in [3.8, 4) is 0 Å². The molecule has 1 rings (SSSR count). The van der Waals surface area contributed by atoms with E-state index < -0.39 is 0 Å². The highest BCUT2D eigenvalue weighted by Gasteiger charge is 2.06. The van der Waals surface area contributed by atoms with Gasteiger partial charge in [0.1, 0.15) is 6.61 Å². The first kappa shape index (κ1) is 39.2. The van der Waals surface area contributed by atoms with Crippen molar-refractivity contribution >= 4 is 11.7 Å². The van der Waals surface area contributed by atoms with Gasteiger partial charge in [0.2, 0.25) is 0 Å². The summed E-state index contributed by atoms with van der Waals surface area (Å²) in [4.78, 5) is 12.1. The molecule has 0 aliphatic carbocycles. The second-order valence-corrected chi connectivity index (χ2v) is 9.87. The van der Waals surface area contributed by atoms with E-state index in [-0.39, 0.29) is 12.6 Å². The third-order valence-corrected chi connectivity index (χ3v) is 6.14. The van der Waals surface area contributed by atoms with Gasteiger partial charge >= 0.3 is 5.97 Å². The Labute approximate surface area is 259 Å². The van der Waals surface area contributed by atoms with Crippen LogP contribution < -0.4 is 5.32 Å². The van der Waals surface area contributed by atoms with E-state index in [0.717, 1.165) is 38.1 Å². The van der Waals surface area contributed by atoms with Crippen LogP contribution in [0, 0.1) is 5.92 Å². The smallest absolute Gasteiger partial charge is 0.338 e. The molecule has 1 aromatic carbocycles. The molecule has 0 saturated carbocycles. The Balaban J connectivity index is 1.74. The van der Waals surface area contributed by atoms with Crippen LogP contribution >= 0.6 is 0 Å². The molecule has 1 aromatic rings. The zero-order valence-corrected chi connectivity index (χ0v) is 26.8. The number of ether oxygens (including phenoxy) is 9. The maximum atomic E-state index is 12.1. The molecular formula is C32H57NO10. The number of unbranched alkanes of at least 4 members (excludes halogenated alkanes) is 1. The van der Waals surface area contributed by atoms with Crippen molar-refractivity contribution < 1.29 is 47.4 Å². The van der Waals surface area contributed by atoms with Gasteiger partial charge in [0.25, 0.3) is 0 Å². The first-order valence-corrected chi connectivity index (χ1v) is 15.8. The fourth-order valence-corrected chi connectivity index (χ4v) is 3.35. The average Bonchev–Trinajstić information content (AvgIpc) is 3.02. The Kier molecular flexibility index (Phi) is 27.5. The normalized spacial score (nSPS) is 12.0. The molecule has 0 saturated heterocycles. The van der Waals surface area contributed by atoms with Crippen molar-refractivity contribution in [2.75, 3.05) is 124 Å². The number of hydrogen-bond donors (Lipinski definition) is 1. The summed E-state index contributed by atoms with van der Waals surface area (Å²) in [5.41, 5.74) is 1.52. The largest absolute Gasteiger partial charge is 0.460 e. The Morgan fingerprint density at radius 1 is 0.605 bits per heavy atom. The van der Waals surface area contributed by atoms with Gasteiger partial charge in [0, 0.05) is 18.8 Å². The maximum Gasteiger partial charge on any atom is 0.338 e. The first-order valence-electron chi connectivity index (χ1n) is 15.8. The lowest BCUT2D eigenvalue weighted by Crippen LogP contribution is -2.15. The number of anilines is 1. The van der Waals surface area contributed by atoms with Crippen LogP contribution in [0.4, 0.5) is 5.69 Å². The summed E-state index contributed by atoms with van der Waals surface area (Å²) in [5, 5.41) is 3.32. The van der Waals surface area contributed by atoms with Crippen LogP contribution in [-0.2, 0) is 42.6 Å². The molecule has 0 bridgehead atoms. The number of rotatable bonds is 32. The molecule has 11 nitrogen and oxygen atoms in total. The number of benzene rings is 1. The predicted octanol–water partition coefficient (Wildman–Crippen LogP) is 4.23. The molecule has 0 spiro atoms. The van der Waals surface area contributed by atoms with Crippen molar-refractivity contribution in [2.24, 2.45) is 5.92 Å². The standard InChI is InChI=1S/C32H57NO10/c1-4-6-11-33-31-9-7-30(8-10-31)32(34)43-27-26-41-23-22-39-19-18-37-15-14-35-12-13-36-16-17-38-20-21-40-24-25-42-28-29(3)5-2/h7-10,29,33H,4-6,11-28H2,1-3H3. The lowest BCUT2D eigenvalue weighted by Gasteiger charge is -2.10. The molecule has 11 heteroatoms. The molecule has 0 amide bonds. The van der Waals surface area contributed by atoms with Crippen LogP contribution in [0.5, 0.6) is 0 Å². The minimum Gasteiger partial charge on any atom is -0.460 e. The van der Waals surface area contributed by atoms with Crippen molar-refractivity contribution in [3.05, 3.63) is 29.8 Å². The Morgan fingerprint density at radius 3 is 1.40 bits per heavy atom. The van der Waals surface area contributed by atoms with Gasteiger partial charge in [-0.25, -0.2) is 4.79 Å². The molecular weight excluding hydrogens is 558 g/mol. The van der Waals surface area contributed by atoms with Crippen molar-refractivity contribution in [3.63, 3.8) is 0 Å². The summed E-state index contributed by atoms with van der Waals surface area (Å²) < 4.78 is 49.0. The summed E-state index contributed by atoms with van der Waals surface area (Å²) in [7, 11) is 0. The van der Waals surface area contributed by atoms with Gasteiger partial charge in [0.15, 0.2) is 0 Å². The highest BCUT2D eigenvalue weighted by atomic mass is 16.6. The van der Waals surface area contributed by atoms with E-state index in [1.807, 2.05) is 12.1 Å². The number of nitrogens with one attached hydrogen (secondary N) is 1. The molecule has 0 aromatic heterocycles. The van der Waals surface area contributed by atoms with E-state index in [4.69, 9.17) is 42.6 Å². The van der Waals surface area contributed by atoms with Gasteiger partial charge in [0.05, 0.1) is 105 Å². The Bertz CT molecular complexity index is 737. The molecule has 1 atom stereocenters. The average molecular weight is 616 g/mol. The fraction of sp³-hybridized carbons (Fsp3) is 0.781. The van der Waals surface area contributed by atoms with Gasteiger partial charge < -0.3 is 47.9 Å². The fourth-order valence-electron chi connectivity index (χ4n) is 3.35. The minimum absolute atomic E-state index is 0.197. The predicted molar refractivity (Wildman–Crippen MR) is 166 cm³/mol. The topological polar surface area (TPSA) is 112 Å². The molecule has 0 radical (unpaired) electrons. The van der Waals surface area contributed by atoms with E-state index in [9.17, 15) is 4.79 Å². The summed E-state index contributed by atoms with van der Waals surface area (Å²) >= 11 is 0. The van der Waals surface area contributed by atoms with E-state index in [0.29, 0.717) is 111 Å². The van der Waals surface area contributed by atoms with Gasteiger partial charge in [-0.2, -0.15) is 0 Å².